The van der Waals surface area contributed by atoms with E-state index in [2.05, 4.69) is 123 Å². The molecule has 4 rings (SSSR count). The summed E-state index contributed by atoms with van der Waals surface area (Å²) in [6, 6.07) is 37.3. The third-order valence-corrected chi connectivity index (χ3v) is 10.1. The minimum Gasteiger partial charge on any atom is -0.0688 e. The highest BCUT2D eigenvalue weighted by Gasteiger charge is 2.38. The van der Waals surface area contributed by atoms with Crippen LogP contribution in [0.25, 0.3) is 0 Å². The Labute approximate surface area is 209 Å². The van der Waals surface area contributed by atoms with Crippen molar-refractivity contribution in [3.05, 3.63) is 119 Å². The molecular formula is C29H28Si4. The minimum absolute atomic E-state index is 0.352. The average molecular weight is 489 g/mol. The van der Waals surface area contributed by atoms with E-state index < -0.39 is 0 Å². The van der Waals surface area contributed by atoms with Crippen LogP contribution in [0.4, 0.5) is 0 Å². The Kier molecular flexibility index (Phi) is 7.81. The lowest BCUT2D eigenvalue weighted by molar-refractivity contribution is 0.746. The molecule has 0 fully saturated rings. The number of hydrogen-bond donors (Lipinski definition) is 0. The Bertz CT molecular complexity index is 967. The first-order valence-corrected chi connectivity index (χ1v) is 17.3. The van der Waals surface area contributed by atoms with Crippen LogP contribution >= 0.6 is 0 Å². The number of benzene rings is 4. The summed E-state index contributed by atoms with van der Waals surface area (Å²) in [7, 11) is 3.23. The summed E-state index contributed by atoms with van der Waals surface area (Å²) in [5.41, 5.74) is 4.96. The molecule has 4 heteroatoms. The molecule has 0 aliphatic carbocycles. The fourth-order valence-electron chi connectivity index (χ4n) is 4.55. The molecule has 8 radical (unpaired) electrons. The maximum atomic E-state index is 2.35. The van der Waals surface area contributed by atoms with Crippen molar-refractivity contribution >= 4 is 58.8 Å². The summed E-state index contributed by atoms with van der Waals surface area (Å²) in [5.74, 6) is 0. The second-order valence-electron chi connectivity index (χ2n) is 8.06. The van der Waals surface area contributed by atoms with E-state index in [-0.39, 0.29) is 5.41 Å². The van der Waals surface area contributed by atoms with Crippen LogP contribution in [0.5, 0.6) is 0 Å². The van der Waals surface area contributed by atoms with Crippen LogP contribution < -0.4 is 20.7 Å². The smallest absolute Gasteiger partial charge is 0.0688 e. The fraction of sp³-hybridized carbons (Fsp3) is 0.172. The Morgan fingerprint density at radius 1 is 0.333 bits per heavy atom. The van der Waals surface area contributed by atoms with E-state index in [1.807, 2.05) is 0 Å². The first-order chi connectivity index (χ1) is 16.1. The highest BCUT2D eigenvalue weighted by molar-refractivity contribution is 6.52. The molecule has 0 bridgehead atoms. The Morgan fingerprint density at radius 2 is 0.515 bits per heavy atom. The van der Waals surface area contributed by atoms with Gasteiger partial charge in [-0.1, -0.05) is 144 Å². The molecule has 33 heavy (non-hydrogen) atoms. The van der Waals surface area contributed by atoms with Crippen LogP contribution in [0.3, 0.4) is 0 Å². The molecule has 0 heterocycles. The van der Waals surface area contributed by atoms with Gasteiger partial charge in [0.15, 0.2) is 0 Å². The summed E-state index contributed by atoms with van der Waals surface area (Å²) >= 11 is 0. The van der Waals surface area contributed by atoms with Crippen LogP contribution in [0.2, 0.25) is 26.2 Å². The molecule has 160 valence electrons. The monoisotopic (exact) mass is 488 g/mol. The highest BCUT2D eigenvalue weighted by Crippen LogP contribution is 2.44. The molecule has 0 nitrogen and oxygen atoms in total. The maximum Gasteiger partial charge on any atom is 0.0773 e. The normalized spacial score (nSPS) is 11.5. The summed E-state index contributed by atoms with van der Waals surface area (Å²) in [4.78, 5) is 0. The van der Waals surface area contributed by atoms with Crippen molar-refractivity contribution in [2.75, 3.05) is 0 Å². The summed E-state index contributed by atoms with van der Waals surface area (Å²) in [6.45, 7) is 9.00. The Balaban J connectivity index is 2.05. The van der Waals surface area contributed by atoms with Gasteiger partial charge in [0.1, 0.15) is 0 Å². The van der Waals surface area contributed by atoms with E-state index in [0.29, 0.717) is 0 Å². The standard InChI is InChI=1S/C29H28Si4/c1-30-25-13-5-21(6-14-25)29(22-7-15-26(31-2)16-8-22,23-9-17-27(32-3)18-10-23)24-11-19-28(33-4)20-12-24/h5-20H,1-4H3. The topological polar surface area (TPSA) is 0 Å². The fourth-order valence-corrected chi connectivity index (χ4v) is 6.55. The van der Waals surface area contributed by atoms with Gasteiger partial charge in [-0.05, 0) is 22.3 Å². The van der Waals surface area contributed by atoms with Crippen molar-refractivity contribution < 1.29 is 0 Å². The van der Waals surface area contributed by atoms with Gasteiger partial charge in [-0.3, -0.25) is 0 Å². The zero-order chi connectivity index (χ0) is 23.3. The minimum atomic E-state index is -0.352. The molecule has 0 aliphatic rings. The summed E-state index contributed by atoms with van der Waals surface area (Å²) in [6.07, 6.45) is 0. The van der Waals surface area contributed by atoms with E-state index in [1.165, 1.54) is 43.0 Å². The van der Waals surface area contributed by atoms with Crippen molar-refractivity contribution in [1.82, 2.24) is 0 Å². The van der Waals surface area contributed by atoms with E-state index >= 15 is 0 Å². The molecule has 0 atom stereocenters. The third kappa shape index (κ3) is 4.71. The van der Waals surface area contributed by atoms with E-state index in [1.54, 1.807) is 0 Å². The highest BCUT2D eigenvalue weighted by atomic mass is 28.2. The van der Waals surface area contributed by atoms with Gasteiger partial charge in [0.25, 0.3) is 0 Å². The lowest BCUT2D eigenvalue weighted by Crippen LogP contribution is -2.33. The second kappa shape index (κ2) is 10.8. The first-order valence-electron chi connectivity index (χ1n) is 11.3. The third-order valence-electron chi connectivity index (χ3n) is 6.43. The molecule has 0 spiro atoms. The zero-order valence-electron chi connectivity index (χ0n) is 19.7. The summed E-state index contributed by atoms with van der Waals surface area (Å²) < 4.78 is 0. The van der Waals surface area contributed by atoms with Gasteiger partial charge in [0.2, 0.25) is 0 Å². The first kappa shape index (κ1) is 23.9. The number of hydrogen-bond acceptors (Lipinski definition) is 0. The van der Waals surface area contributed by atoms with E-state index in [9.17, 15) is 0 Å². The second-order valence-corrected chi connectivity index (χ2v) is 12.4. The van der Waals surface area contributed by atoms with Crippen LogP contribution in [0.1, 0.15) is 22.3 Å². The van der Waals surface area contributed by atoms with Crippen molar-refractivity contribution in [3.8, 4) is 0 Å². The van der Waals surface area contributed by atoms with Crippen molar-refractivity contribution in [2.45, 2.75) is 31.6 Å². The molecule has 4 aromatic rings. The number of rotatable bonds is 8. The van der Waals surface area contributed by atoms with Gasteiger partial charge in [-0.15, -0.1) is 0 Å². The van der Waals surface area contributed by atoms with Crippen LogP contribution in [-0.4, -0.2) is 38.1 Å². The van der Waals surface area contributed by atoms with E-state index in [4.69, 9.17) is 0 Å². The van der Waals surface area contributed by atoms with Gasteiger partial charge >= 0.3 is 0 Å². The molecule has 0 amide bonds. The molecule has 0 unspecified atom stereocenters. The average Bonchev–Trinajstić information content (AvgIpc) is 2.90. The SMILES string of the molecule is C[Si]c1ccc(C(c2ccc([Si]C)cc2)(c2ccc([Si]C)cc2)c2ccc([Si]C)cc2)cc1. The van der Waals surface area contributed by atoms with Gasteiger partial charge < -0.3 is 0 Å². The van der Waals surface area contributed by atoms with Crippen LogP contribution in [0.15, 0.2) is 97.1 Å². The molecule has 0 aliphatic heterocycles. The zero-order valence-corrected chi connectivity index (χ0v) is 23.7. The van der Waals surface area contributed by atoms with Gasteiger partial charge in [0.05, 0.1) is 43.5 Å². The predicted molar refractivity (Wildman–Crippen MR) is 150 cm³/mol. The van der Waals surface area contributed by atoms with E-state index in [0.717, 1.165) is 38.1 Å². The summed E-state index contributed by atoms with van der Waals surface area (Å²) in [5, 5.41) is 5.61. The lowest BCUT2D eigenvalue weighted by atomic mass is 9.65. The van der Waals surface area contributed by atoms with Crippen molar-refractivity contribution in [1.29, 1.82) is 0 Å². The molecule has 0 saturated heterocycles. The molecule has 0 saturated carbocycles. The predicted octanol–water partition coefficient (Wildman–Crippen LogP) is 3.58. The van der Waals surface area contributed by atoms with Gasteiger partial charge in [-0.2, -0.15) is 0 Å². The quantitative estimate of drug-likeness (QED) is 0.263. The molecule has 0 aromatic heterocycles. The maximum absolute atomic E-state index is 2.35. The Morgan fingerprint density at radius 3 is 0.667 bits per heavy atom. The van der Waals surface area contributed by atoms with Gasteiger partial charge in [-0.25, -0.2) is 0 Å². The molecular weight excluding hydrogens is 461 g/mol. The largest absolute Gasteiger partial charge is 0.0773 e. The molecule has 0 N–H and O–H groups in total. The van der Waals surface area contributed by atoms with Crippen LogP contribution in [-0.2, 0) is 5.41 Å². The van der Waals surface area contributed by atoms with Crippen molar-refractivity contribution in [2.24, 2.45) is 0 Å². The van der Waals surface area contributed by atoms with Crippen molar-refractivity contribution in [3.63, 3.8) is 0 Å². The lowest BCUT2D eigenvalue weighted by Gasteiger charge is -2.37. The van der Waals surface area contributed by atoms with Crippen LogP contribution in [0, 0.1) is 0 Å². The van der Waals surface area contributed by atoms with Gasteiger partial charge in [0, 0.05) is 0 Å². The molecule has 4 aromatic carbocycles. The Hall–Kier alpha value is -2.25.